The van der Waals surface area contributed by atoms with Crippen LogP contribution < -0.4 is 0 Å². The molecule has 0 saturated heterocycles. The van der Waals surface area contributed by atoms with Gasteiger partial charge in [-0.15, -0.1) is 0 Å². The second-order valence-corrected chi connectivity index (χ2v) is 3.50. The molecule has 0 atom stereocenters. The SMILES string of the molecule is N=CCCCCC=NCc1ccccc1. The molecule has 1 N–H and O–H groups in total. The molecule has 0 saturated carbocycles. The number of unbranched alkanes of at least 4 members (excludes halogenated alkanes) is 3. The maximum atomic E-state index is 6.87. The first-order valence-corrected chi connectivity index (χ1v) is 5.44. The molecule has 0 spiro atoms. The van der Waals surface area contributed by atoms with Gasteiger partial charge in [0.25, 0.3) is 0 Å². The van der Waals surface area contributed by atoms with Crippen LogP contribution in [-0.4, -0.2) is 12.4 Å². The van der Waals surface area contributed by atoms with Crippen LogP contribution in [-0.2, 0) is 6.54 Å². The molecule has 0 aromatic heterocycles. The Bertz CT molecular complexity index is 291. The number of aliphatic imine (C=N–C) groups is 1. The minimum Gasteiger partial charge on any atom is -0.313 e. The summed E-state index contributed by atoms with van der Waals surface area (Å²) in [6.45, 7) is 0.783. The standard InChI is InChI=1S/C13H18N2/c14-10-6-1-2-7-11-15-12-13-8-4-3-5-9-13/h3-5,8-11,14H,1-2,6-7,12H2. The molecule has 1 rings (SSSR count). The normalized spacial score (nSPS) is 10.7. The van der Waals surface area contributed by atoms with Crippen LogP contribution in [0.3, 0.4) is 0 Å². The summed E-state index contributed by atoms with van der Waals surface area (Å²) in [6.07, 6.45) is 7.62. The predicted octanol–water partition coefficient (Wildman–Crippen LogP) is 3.47. The Morgan fingerprint density at radius 2 is 1.80 bits per heavy atom. The molecule has 0 fully saturated rings. The Morgan fingerprint density at radius 3 is 2.53 bits per heavy atom. The van der Waals surface area contributed by atoms with E-state index in [4.69, 9.17) is 5.41 Å². The van der Waals surface area contributed by atoms with E-state index in [2.05, 4.69) is 17.1 Å². The maximum Gasteiger partial charge on any atom is 0.0635 e. The number of benzene rings is 1. The van der Waals surface area contributed by atoms with Crippen LogP contribution in [0, 0.1) is 5.41 Å². The lowest BCUT2D eigenvalue weighted by atomic mass is 10.2. The van der Waals surface area contributed by atoms with Crippen molar-refractivity contribution in [3.8, 4) is 0 Å². The molecule has 15 heavy (non-hydrogen) atoms. The summed E-state index contributed by atoms with van der Waals surface area (Å²) in [5.74, 6) is 0. The van der Waals surface area contributed by atoms with Crippen molar-refractivity contribution in [1.82, 2.24) is 0 Å². The first-order chi connectivity index (χ1) is 7.43. The van der Waals surface area contributed by atoms with Crippen molar-refractivity contribution in [2.45, 2.75) is 32.2 Å². The molecule has 2 nitrogen and oxygen atoms in total. The van der Waals surface area contributed by atoms with E-state index in [1.165, 1.54) is 11.8 Å². The summed E-state index contributed by atoms with van der Waals surface area (Å²) in [4.78, 5) is 4.36. The van der Waals surface area contributed by atoms with Gasteiger partial charge in [0.15, 0.2) is 0 Å². The maximum absolute atomic E-state index is 6.87. The van der Waals surface area contributed by atoms with Crippen molar-refractivity contribution >= 4 is 12.4 Å². The fraction of sp³-hybridized carbons (Fsp3) is 0.385. The van der Waals surface area contributed by atoms with Gasteiger partial charge in [0.1, 0.15) is 0 Å². The molecule has 0 amide bonds. The van der Waals surface area contributed by atoms with Gasteiger partial charge in [0, 0.05) is 0 Å². The highest BCUT2D eigenvalue weighted by molar-refractivity contribution is 5.57. The van der Waals surface area contributed by atoms with Gasteiger partial charge in [-0.25, -0.2) is 0 Å². The summed E-state index contributed by atoms with van der Waals surface area (Å²) in [7, 11) is 0. The number of nitrogens with one attached hydrogen (secondary N) is 1. The van der Waals surface area contributed by atoms with E-state index in [1.54, 1.807) is 0 Å². The zero-order valence-corrected chi connectivity index (χ0v) is 9.02. The lowest BCUT2D eigenvalue weighted by Crippen LogP contribution is -1.83. The summed E-state index contributed by atoms with van der Waals surface area (Å²) in [5, 5.41) is 6.87. The van der Waals surface area contributed by atoms with Gasteiger partial charge >= 0.3 is 0 Å². The quantitative estimate of drug-likeness (QED) is 0.519. The van der Waals surface area contributed by atoms with Crippen LogP contribution in [0.15, 0.2) is 35.3 Å². The molecule has 0 heterocycles. The Morgan fingerprint density at radius 1 is 1.07 bits per heavy atom. The van der Waals surface area contributed by atoms with Crippen molar-refractivity contribution in [2.24, 2.45) is 4.99 Å². The molecule has 0 aliphatic carbocycles. The smallest absolute Gasteiger partial charge is 0.0635 e. The monoisotopic (exact) mass is 202 g/mol. The highest BCUT2D eigenvalue weighted by Crippen LogP contribution is 2.00. The van der Waals surface area contributed by atoms with E-state index < -0.39 is 0 Å². The highest BCUT2D eigenvalue weighted by Gasteiger charge is 1.87. The largest absolute Gasteiger partial charge is 0.313 e. The van der Waals surface area contributed by atoms with E-state index in [0.29, 0.717) is 0 Å². The first-order valence-electron chi connectivity index (χ1n) is 5.44. The summed E-state index contributed by atoms with van der Waals surface area (Å²) < 4.78 is 0. The lowest BCUT2D eigenvalue weighted by molar-refractivity contribution is 0.802. The molecule has 0 radical (unpaired) electrons. The van der Waals surface area contributed by atoms with E-state index in [-0.39, 0.29) is 0 Å². The third kappa shape index (κ3) is 5.78. The Hall–Kier alpha value is -1.44. The van der Waals surface area contributed by atoms with Gasteiger partial charge in [0.05, 0.1) is 6.54 Å². The molecule has 0 aliphatic rings. The molecular formula is C13H18N2. The lowest BCUT2D eigenvalue weighted by Gasteiger charge is -1.95. The second-order valence-electron chi connectivity index (χ2n) is 3.50. The first kappa shape index (κ1) is 11.6. The Balaban J connectivity index is 2.09. The summed E-state index contributed by atoms with van der Waals surface area (Å²) in [5.41, 5.74) is 1.26. The molecule has 80 valence electrons. The van der Waals surface area contributed by atoms with Crippen LogP contribution in [0.4, 0.5) is 0 Å². The van der Waals surface area contributed by atoms with Crippen LogP contribution in [0.5, 0.6) is 0 Å². The van der Waals surface area contributed by atoms with Crippen molar-refractivity contribution in [3.05, 3.63) is 35.9 Å². The van der Waals surface area contributed by atoms with Crippen molar-refractivity contribution in [3.63, 3.8) is 0 Å². The van der Waals surface area contributed by atoms with E-state index >= 15 is 0 Å². The van der Waals surface area contributed by atoms with Gasteiger partial charge in [0.2, 0.25) is 0 Å². The van der Waals surface area contributed by atoms with Crippen LogP contribution in [0.1, 0.15) is 31.2 Å². The second kappa shape index (κ2) is 7.92. The summed E-state index contributed by atoms with van der Waals surface area (Å²) >= 11 is 0. The van der Waals surface area contributed by atoms with Crippen molar-refractivity contribution < 1.29 is 0 Å². The zero-order chi connectivity index (χ0) is 10.8. The average Bonchev–Trinajstić information content (AvgIpc) is 2.29. The topological polar surface area (TPSA) is 36.2 Å². The van der Waals surface area contributed by atoms with Gasteiger partial charge in [-0.1, -0.05) is 30.3 Å². The summed E-state index contributed by atoms with van der Waals surface area (Å²) in [6, 6.07) is 10.3. The number of hydrogen-bond donors (Lipinski definition) is 1. The van der Waals surface area contributed by atoms with E-state index in [1.807, 2.05) is 24.4 Å². The zero-order valence-electron chi connectivity index (χ0n) is 9.02. The molecule has 1 aromatic rings. The number of hydrogen-bond acceptors (Lipinski definition) is 2. The minimum absolute atomic E-state index is 0.783. The fourth-order valence-electron chi connectivity index (χ4n) is 1.33. The fourth-order valence-corrected chi connectivity index (χ4v) is 1.33. The van der Waals surface area contributed by atoms with Crippen LogP contribution in [0.25, 0.3) is 0 Å². The Kier molecular flexibility index (Phi) is 6.14. The van der Waals surface area contributed by atoms with Gasteiger partial charge in [-0.2, -0.15) is 0 Å². The third-order valence-corrected chi connectivity index (χ3v) is 2.18. The van der Waals surface area contributed by atoms with Crippen molar-refractivity contribution in [2.75, 3.05) is 0 Å². The number of rotatable bonds is 7. The third-order valence-electron chi connectivity index (χ3n) is 2.18. The minimum atomic E-state index is 0.783. The van der Waals surface area contributed by atoms with E-state index in [0.717, 1.165) is 32.2 Å². The van der Waals surface area contributed by atoms with Crippen molar-refractivity contribution in [1.29, 1.82) is 5.41 Å². The molecule has 2 heteroatoms. The molecule has 0 unspecified atom stereocenters. The number of nitrogens with zero attached hydrogens (tertiary/aromatic N) is 1. The Labute approximate surface area is 91.6 Å². The molecule has 0 bridgehead atoms. The molecule has 1 aromatic carbocycles. The molecule has 0 aliphatic heterocycles. The van der Waals surface area contributed by atoms with Crippen LogP contribution >= 0.6 is 0 Å². The van der Waals surface area contributed by atoms with Gasteiger partial charge in [-0.05, 0) is 43.7 Å². The average molecular weight is 202 g/mol. The van der Waals surface area contributed by atoms with Crippen LogP contribution in [0.2, 0.25) is 0 Å². The van der Waals surface area contributed by atoms with E-state index in [9.17, 15) is 0 Å². The van der Waals surface area contributed by atoms with Gasteiger partial charge < -0.3 is 5.41 Å². The van der Waals surface area contributed by atoms with Gasteiger partial charge in [-0.3, -0.25) is 4.99 Å². The molecular weight excluding hydrogens is 184 g/mol. The predicted molar refractivity (Wildman–Crippen MR) is 65.9 cm³/mol. The highest BCUT2D eigenvalue weighted by atomic mass is 14.7.